The predicted octanol–water partition coefficient (Wildman–Crippen LogP) is 4.67. The fraction of sp³-hybridized carbons (Fsp3) is 0.438. The minimum atomic E-state index is -4.31. The summed E-state index contributed by atoms with van der Waals surface area (Å²) in [5.74, 6) is 0.809. The summed E-state index contributed by atoms with van der Waals surface area (Å²) in [4.78, 5) is 0. The molecule has 0 saturated heterocycles. The Hall–Kier alpha value is -1.98. The van der Waals surface area contributed by atoms with Gasteiger partial charge in [-0.3, -0.25) is 0 Å². The van der Waals surface area contributed by atoms with E-state index in [0.29, 0.717) is 11.7 Å². The number of alkyl halides is 3. The van der Waals surface area contributed by atoms with E-state index < -0.39 is 12.2 Å². The van der Waals surface area contributed by atoms with Crippen LogP contribution in [-0.2, 0) is 0 Å². The second-order valence-electron chi connectivity index (χ2n) is 5.97. The van der Waals surface area contributed by atoms with Gasteiger partial charge in [0.1, 0.15) is 5.82 Å². The molecule has 0 spiro atoms. The molecule has 1 aromatic carbocycles. The minimum absolute atomic E-state index is 0.0563. The SMILES string of the molecule is CC(C)c1ccc([C@H]2C[C@@H](C(F)(F)F)n3nccc3N2)cc1. The van der Waals surface area contributed by atoms with Gasteiger partial charge in [-0.15, -0.1) is 0 Å². The van der Waals surface area contributed by atoms with Crippen molar-refractivity contribution in [1.29, 1.82) is 0 Å². The van der Waals surface area contributed by atoms with Gasteiger partial charge in [0.05, 0.1) is 12.2 Å². The van der Waals surface area contributed by atoms with E-state index in [9.17, 15) is 13.2 Å². The topological polar surface area (TPSA) is 29.9 Å². The molecule has 0 saturated carbocycles. The molecule has 0 unspecified atom stereocenters. The lowest BCUT2D eigenvalue weighted by atomic mass is 9.94. The van der Waals surface area contributed by atoms with Gasteiger partial charge in [-0.05, 0) is 17.0 Å². The number of benzene rings is 1. The van der Waals surface area contributed by atoms with Crippen LogP contribution in [0, 0.1) is 0 Å². The highest BCUT2D eigenvalue weighted by molar-refractivity contribution is 5.42. The van der Waals surface area contributed by atoms with Gasteiger partial charge >= 0.3 is 6.18 Å². The summed E-state index contributed by atoms with van der Waals surface area (Å²) in [7, 11) is 0. The van der Waals surface area contributed by atoms with Crippen LogP contribution < -0.4 is 5.32 Å². The highest BCUT2D eigenvalue weighted by atomic mass is 19.4. The number of nitrogens with zero attached hydrogens (tertiary/aromatic N) is 2. The Morgan fingerprint density at radius 3 is 2.45 bits per heavy atom. The van der Waals surface area contributed by atoms with Crippen molar-refractivity contribution in [3.63, 3.8) is 0 Å². The van der Waals surface area contributed by atoms with E-state index in [1.165, 1.54) is 11.8 Å². The Morgan fingerprint density at radius 1 is 1.18 bits per heavy atom. The minimum Gasteiger partial charge on any atom is -0.363 e. The van der Waals surface area contributed by atoms with Crippen molar-refractivity contribution in [3.8, 4) is 0 Å². The first kappa shape index (κ1) is 14.9. The van der Waals surface area contributed by atoms with E-state index >= 15 is 0 Å². The van der Waals surface area contributed by atoms with Crippen LogP contribution in [0.15, 0.2) is 36.5 Å². The summed E-state index contributed by atoms with van der Waals surface area (Å²) in [6, 6.07) is 7.41. The maximum atomic E-state index is 13.3. The Labute approximate surface area is 127 Å². The second kappa shape index (κ2) is 5.34. The second-order valence-corrected chi connectivity index (χ2v) is 5.97. The van der Waals surface area contributed by atoms with Crippen LogP contribution in [0.5, 0.6) is 0 Å². The molecule has 0 fully saturated rings. The van der Waals surface area contributed by atoms with Crippen LogP contribution in [0.4, 0.5) is 19.0 Å². The smallest absolute Gasteiger partial charge is 0.363 e. The molecule has 0 bridgehead atoms. The molecule has 1 aliphatic heterocycles. The van der Waals surface area contributed by atoms with Crippen LogP contribution in [-0.4, -0.2) is 16.0 Å². The lowest BCUT2D eigenvalue weighted by molar-refractivity contribution is -0.173. The van der Waals surface area contributed by atoms with Gasteiger partial charge in [0.2, 0.25) is 0 Å². The van der Waals surface area contributed by atoms with Crippen LogP contribution in [0.1, 0.15) is 49.4 Å². The summed E-state index contributed by atoms with van der Waals surface area (Å²) in [5, 5.41) is 6.95. The molecule has 0 radical (unpaired) electrons. The first-order valence-electron chi connectivity index (χ1n) is 7.33. The quantitative estimate of drug-likeness (QED) is 0.874. The third-order valence-electron chi connectivity index (χ3n) is 4.13. The maximum Gasteiger partial charge on any atom is 0.410 e. The van der Waals surface area contributed by atoms with Crippen molar-refractivity contribution in [2.45, 2.75) is 44.4 Å². The molecule has 22 heavy (non-hydrogen) atoms. The lowest BCUT2D eigenvalue weighted by Gasteiger charge is -2.33. The molecule has 1 aromatic heterocycles. The standard InChI is InChI=1S/C16H18F3N3/c1-10(2)11-3-5-12(6-4-11)13-9-14(16(17,18)19)22-15(21-13)7-8-20-22/h3-8,10,13-14,21H,9H2,1-2H3/t13-,14+/m1/s1. The molecule has 2 aromatic rings. The first-order valence-corrected chi connectivity index (χ1v) is 7.33. The number of hydrogen-bond donors (Lipinski definition) is 1. The average molecular weight is 309 g/mol. The van der Waals surface area contributed by atoms with E-state index in [-0.39, 0.29) is 12.5 Å². The van der Waals surface area contributed by atoms with Crippen LogP contribution in [0.25, 0.3) is 0 Å². The highest BCUT2D eigenvalue weighted by Gasteiger charge is 2.46. The number of anilines is 1. The summed E-state index contributed by atoms with van der Waals surface area (Å²) in [6.45, 7) is 4.18. The van der Waals surface area contributed by atoms with E-state index in [0.717, 1.165) is 10.2 Å². The molecule has 1 N–H and O–H groups in total. The Bertz CT molecular complexity index is 643. The summed E-state index contributed by atoms with van der Waals surface area (Å²) in [6.07, 6.45) is -2.97. The van der Waals surface area contributed by atoms with Gasteiger partial charge in [-0.2, -0.15) is 18.3 Å². The number of halogens is 3. The molecule has 6 heteroatoms. The Kier molecular flexibility index (Phi) is 3.62. The Balaban J connectivity index is 1.90. The normalized spacial score (nSPS) is 21.5. The molecular formula is C16H18F3N3. The molecule has 0 amide bonds. The number of rotatable bonds is 2. The number of fused-ring (bicyclic) bond motifs is 1. The van der Waals surface area contributed by atoms with E-state index in [1.807, 2.05) is 24.3 Å². The zero-order valence-corrected chi connectivity index (χ0v) is 12.4. The van der Waals surface area contributed by atoms with Crippen molar-refractivity contribution in [3.05, 3.63) is 47.7 Å². The van der Waals surface area contributed by atoms with Crippen molar-refractivity contribution in [2.24, 2.45) is 0 Å². The lowest BCUT2D eigenvalue weighted by Crippen LogP contribution is -2.35. The van der Waals surface area contributed by atoms with Crippen LogP contribution in [0.2, 0.25) is 0 Å². The molecular weight excluding hydrogens is 291 g/mol. The van der Waals surface area contributed by atoms with Crippen molar-refractivity contribution < 1.29 is 13.2 Å². The molecule has 3 nitrogen and oxygen atoms in total. The zero-order valence-electron chi connectivity index (χ0n) is 12.4. The van der Waals surface area contributed by atoms with Gasteiger partial charge in [-0.1, -0.05) is 38.1 Å². The predicted molar refractivity (Wildman–Crippen MR) is 78.8 cm³/mol. The third kappa shape index (κ3) is 2.69. The first-order chi connectivity index (χ1) is 10.4. The largest absolute Gasteiger partial charge is 0.410 e. The van der Waals surface area contributed by atoms with Gasteiger partial charge < -0.3 is 5.32 Å². The average Bonchev–Trinajstić information content (AvgIpc) is 2.93. The summed E-state index contributed by atoms with van der Waals surface area (Å²) < 4.78 is 40.8. The zero-order chi connectivity index (χ0) is 15.9. The van der Waals surface area contributed by atoms with Crippen LogP contribution >= 0.6 is 0 Å². The molecule has 2 heterocycles. The Morgan fingerprint density at radius 2 is 1.86 bits per heavy atom. The van der Waals surface area contributed by atoms with E-state index in [1.54, 1.807) is 6.07 Å². The molecule has 2 atom stereocenters. The molecule has 1 aliphatic rings. The highest BCUT2D eigenvalue weighted by Crippen LogP contribution is 2.43. The van der Waals surface area contributed by atoms with Crippen molar-refractivity contribution in [1.82, 2.24) is 9.78 Å². The van der Waals surface area contributed by atoms with E-state index in [2.05, 4.69) is 24.3 Å². The van der Waals surface area contributed by atoms with Crippen LogP contribution in [0.3, 0.4) is 0 Å². The molecule has 118 valence electrons. The van der Waals surface area contributed by atoms with Gasteiger partial charge in [0.15, 0.2) is 6.04 Å². The third-order valence-corrected chi connectivity index (χ3v) is 4.13. The van der Waals surface area contributed by atoms with Gasteiger partial charge in [0, 0.05) is 12.5 Å². The van der Waals surface area contributed by atoms with Crippen molar-refractivity contribution in [2.75, 3.05) is 5.32 Å². The van der Waals surface area contributed by atoms with Gasteiger partial charge in [-0.25, -0.2) is 4.68 Å². The summed E-state index contributed by atoms with van der Waals surface area (Å²) >= 11 is 0. The summed E-state index contributed by atoms with van der Waals surface area (Å²) in [5.41, 5.74) is 2.04. The molecule has 0 aliphatic carbocycles. The van der Waals surface area contributed by atoms with Crippen molar-refractivity contribution >= 4 is 5.82 Å². The number of aromatic nitrogens is 2. The van der Waals surface area contributed by atoms with Gasteiger partial charge in [0.25, 0.3) is 0 Å². The molecule has 3 rings (SSSR count). The number of hydrogen-bond acceptors (Lipinski definition) is 2. The monoisotopic (exact) mass is 309 g/mol. The fourth-order valence-electron chi connectivity index (χ4n) is 2.84. The fourth-order valence-corrected chi connectivity index (χ4v) is 2.84. The maximum absolute atomic E-state index is 13.3. The van der Waals surface area contributed by atoms with E-state index in [4.69, 9.17) is 0 Å². The number of nitrogens with one attached hydrogen (secondary N) is 1.